The molecule has 0 aliphatic heterocycles. The summed E-state index contributed by atoms with van der Waals surface area (Å²) in [6.45, 7) is 1.82. The van der Waals surface area contributed by atoms with Crippen LogP contribution in [-0.4, -0.2) is 62.7 Å². The highest BCUT2D eigenvalue weighted by Crippen LogP contribution is 2.22. The lowest BCUT2D eigenvalue weighted by molar-refractivity contribution is -0.131. The van der Waals surface area contributed by atoms with E-state index < -0.39 is 15.9 Å². The highest BCUT2D eigenvalue weighted by Gasteiger charge is 2.22. The molecule has 1 atom stereocenters. The predicted octanol–water partition coefficient (Wildman–Crippen LogP) is 3.98. The van der Waals surface area contributed by atoms with E-state index in [-0.39, 0.29) is 31.3 Å². The van der Waals surface area contributed by atoms with E-state index in [1.165, 1.54) is 31.2 Å². The number of nitrogens with one attached hydrogen (secondary N) is 2. The van der Waals surface area contributed by atoms with Crippen LogP contribution < -0.4 is 14.8 Å². The zero-order chi connectivity index (χ0) is 28.7. The van der Waals surface area contributed by atoms with Crippen molar-refractivity contribution in [1.29, 1.82) is 0 Å². The molecular formula is C30H35N3O6S. The summed E-state index contributed by atoms with van der Waals surface area (Å²) in [6.07, 6.45) is 3.53. The van der Waals surface area contributed by atoms with Crippen molar-refractivity contribution >= 4 is 32.6 Å². The summed E-state index contributed by atoms with van der Waals surface area (Å²) in [7, 11) is -1.74. The molecule has 40 heavy (non-hydrogen) atoms. The van der Waals surface area contributed by atoms with Crippen LogP contribution in [0.25, 0.3) is 10.9 Å². The van der Waals surface area contributed by atoms with E-state index in [4.69, 9.17) is 9.47 Å². The zero-order valence-corrected chi connectivity index (χ0v) is 23.5. The summed E-state index contributed by atoms with van der Waals surface area (Å²) in [5.41, 5.74) is 2.86. The number of carbonyl (C=O) groups excluding carboxylic acids is 2. The first kappa shape index (κ1) is 28.7. The number of carbonyl (C=O) groups is 2. The Kier molecular flexibility index (Phi) is 9.11. The van der Waals surface area contributed by atoms with Crippen molar-refractivity contribution < 1.29 is 28.9 Å². The molecule has 1 heterocycles. The second-order valence-corrected chi connectivity index (χ2v) is 11.6. The third-order valence-electron chi connectivity index (χ3n) is 6.57. The minimum Gasteiger partial charge on any atom is -0.496 e. The quantitative estimate of drug-likeness (QED) is 0.268. The summed E-state index contributed by atoms with van der Waals surface area (Å²) in [5.74, 6) is 0.558. The van der Waals surface area contributed by atoms with Gasteiger partial charge in [0.15, 0.2) is 16.4 Å². The number of benzene rings is 3. The average molecular weight is 566 g/mol. The van der Waals surface area contributed by atoms with Gasteiger partial charge in [-0.2, -0.15) is 0 Å². The number of hydrogen-bond donors (Lipinski definition) is 2. The lowest BCUT2D eigenvalue weighted by atomic mass is 10.0. The third-order valence-corrected chi connectivity index (χ3v) is 7.70. The van der Waals surface area contributed by atoms with Crippen LogP contribution in [0.5, 0.6) is 11.5 Å². The molecule has 4 rings (SSSR count). The van der Waals surface area contributed by atoms with E-state index in [9.17, 15) is 18.0 Å². The normalized spacial score (nSPS) is 12.1. The number of sulfone groups is 1. The lowest BCUT2D eigenvalue weighted by Crippen LogP contribution is -2.47. The van der Waals surface area contributed by atoms with E-state index >= 15 is 0 Å². The van der Waals surface area contributed by atoms with Crippen LogP contribution in [0.3, 0.4) is 0 Å². The summed E-state index contributed by atoms with van der Waals surface area (Å²) < 4.78 is 34.5. The first-order valence-electron chi connectivity index (χ1n) is 12.8. The second kappa shape index (κ2) is 12.7. The third kappa shape index (κ3) is 7.41. The van der Waals surface area contributed by atoms with Gasteiger partial charge in [0.25, 0.3) is 5.91 Å². The molecule has 4 aromatic rings. The predicted molar refractivity (Wildman–Crippen MR) is 155 cm³/mol. The Bertz CT molecular complexity index is 1590. The van der Waals surface area contributed by atoms with Gasteiger partial charge in [-0.05, 0) is 48.4 Å². The Morgan fingerprint density at radius 3 is 2.40 bits per heavy atom. The second-order valence-electron chi connectivity index (χ2n) is 9.57. The van der Waals surface area contributed by atoms with Crippen molar-refractivity contribution in [2.24, 2.45) is 0 Å². The van der Waals surface area contributed by atoms with Crippen LogP contribution in [0, 0.1) is 0 Å². The molecule has 0 radical (unpaired) electrons. The van der Waals surface area contributed by atoms with Crippen LogP contribution >= 0.6 is 0 Å². The standard InChI is InChI=1S/C30H33N3O6S.H2/c1-21(34)33(18-22-8-4-7-11-29(22)38-2)19-24(16-23-17-31-28-10-6-5-9-27(23)28)32-30(35)20-39-25-12-14-26(15-13-25)40(3,36)37;/h4-15,17,24,31H,16,18-20H2,1-3H3,(H,32,35);1H. The molecule has 0 saturated carbocycles. The van der Waals surface area contributed by atoms with E-state index in [0.29, 0.717) is 24.5 Å². The Labute approximate surface area is 235 Å². The number of ether oxygens (including phenoxy) is 2. The van der Waals surface area contributed by atoms with Gasteiger partial charge in [0.05, 0.1) is 18.0 Å². The average Bonchev–Trinajstić information content (AvgIpc) is 3.34. The lowest BCUT2D eigenvalue weighted by Gasteiger charge is -2.28. The number of amides is 2. The molecular weight excluding hydrogens is 530 g/mol. The molecule has 1 aromatic heterocycles. The van der Waals surface area contributed by atoms with Gasteiger partial charge >= 0.3 is 0 Å². The molecule has 10 heteroatoms. The van der Waals surface area contributed by atoms with Gasteiger partial charge in [-0.3, -0.25) is 9.59 Å². The van der Waals surface area contributed by atoms with Crippen molar-refractivity contribution in [3.8, 4) is 11.5 Å². The van der Waals surface area contributed by atoms with Gasteiger partial charge < -0.3 is 24.7 Å². The molecule has 0 aliphatic rings. The minimum absolute atomic E-state index is 0. The Morgan fingerprint density at radius 2 is 1.70 bits per heavy atom. The van der Waals surface area contributed by atoms with E-state index in [1.54, 1.807) is 12.0 Å². The molecule has 1 unspecified atom stereocenters. The largest absolute Gasteiger partial charge is 0.496 e. The molecule has 0 spiro atoms. The number of aromatic amines is 1. The molecule has 0 bridgehead atoms. The Hall–Kier alpha value is -4.31. The molecule has 2 amide bonds. The van der Waals surface area contributed by atoms with Crippen LogP contribution in [0.4, 0.5) is 0 Å². The number of hydrogen-bond acceptors (Lipinski definition) is 6. The van der Waals surface area contributed by atoms with Gasteiger partial charge in [-0.1, -0.05) is 36.4 Å². The Balaban J connectivity index is 0.00000462. The van der Waals surface area contributed by atoms with Crippen LogP contribution in [0.1, 0.15) is 19.5 Å². The number of nitrogens with zero attached hydrogens (tertiary/aromatic N) is 1. The first-order valence-corrected chi connectivity index (χ1v) is 14.7. The van der Waals surface area contributed by atoms with Gasteiger partial charge in [0.2, 0.25) is 5.91 Å². The molecule has 2 N–H and O–H groups in total. The van der Waals surface area contributed by atoms with E-state index in [0.717, 1.165) is 28.3 Å². The highest BCUT2D eigenvalue weighted by molar-refractivity contribution is 7.90. The van der Waals surface area contributed by atoms with Gasteiger partial charge in [-0.25, -0.2) is 8.42 Å². The fourth-order valence-electron chi connectivity index (χ4n) is 4.54. The first-order chi connectivity index (χ1) is 19.1. The van der Waals surface area contributed by atoms with Crippen molar-refractivity contribution in [2.45, 2.75) is 30.8 Å². The highest BCUT2D eigenvalue weighted by atomic mass is 32.2. The molecule has 3 aromatic carbocycles. The molecule has 0 aliphatic carbocycles. The van der Waals surface area contributed by atoms with Gasteiger partial charge in [0.1, 0.15) is 11.5 Å². The van der Waals surface area contributed by atoms with E-state index in [1.807, 2.05) is 54.7 Å². The number of aromatic nitrogens is 1. The van der Waals surface area contributed by atoms with Crippen LogP contribution in [0.15, 0.2) is 83.9 Å². The van der Waals surface area contributed by atoms with Crippen molar-refractivity contribution in [3.05, 3.63) is 90.1 Å². The van der Waals surface area contributed by atoms with Crippen LogP contribution in [0.2, 0.25) is 0 Å². The molecule has 0 fully saturated rings. The number of H-pyrrole nitrogens is 1. The number of para-hydroxylation sites is 2. The van der Waals surface area contributed by atoms with Gasteiger partial charge in [0, 0.05) is 50.4 Å². The van der Waals surface area contributed by atoms with Gasteiger partial charge in [-0.15, -0.1) is 0 Å². The molecule has 9 nitrogen and oxygen atoms in total. The number of fused-ring (bicyclic) bond motifs is 1. The number of rotatable bonds is 12. The van der Waals surface area contributed by atoms with Crippen molar-refractivity contribution in [1.82, 2.24) is 15.2 Å². The SMILES string of the molecule is COc1ccccc1CN(CC(Cc1c[nH]c2ccccc12)NC(=O)COc1ccc(S(C)(=O)=O)cc1)C(C)=O.[HH]. The van der Waals surface area contributed by atoms with Crippen molar-refractivity contribution in [2.75, 3.05) is 26.5 Å². The number of methoxy groups -OCH3 is 1. The monoisotopic (exact) mass is 565 g/mol. The smallest absolute Gasteiger partial charge is 0.258 e. The zero-order valence-electron chi connectivity index (χ0n) is 22.7. The maximum atomic E-state index is 13.0. The fraction of sp³-hybridized carbons (Fsp3) is 0.267. The summed E-state index contributed by atoms with van der Waals surface area (Å²) in [5, 5.41) is 4.07. The summed E-state index contributed by atoms with van der Waals surface area (Å²) in [6, 6.07) is 20.9. The Morgan fingerprint density at radius 1 is 1.00 bits per heavy atom. The van der Waals surface area contributed by atoms with Crippen molar-refractivity contribution in [3.63, 3.8) is 0 Å². The fourth-order valence-corrected chi connectivity index (χ4v) is 5.17. The summed E-state index contributed by atoms with van der Waals surface area (Å²) >= 11 is 0. The maximum absolute atomic E-state index is 13.0. The molecule has 0 saturated heterocycles. The van der Waals surface area contributed by atoms with Crippen LogP contribution in [-0.2, 0) is 32.4 Å². The van der Waals surface area contributed by atoms with E-state index in [2.05, 4.69) is 10.3 Å². The summed E-state index contributed by atoms with van der Waals surface area (Å²) in [4.78, 5) is 30.8. The maximum Gasteiger partial charge on any atom is 0.258 e. The topological polar surface area (TPSA) is 118 Å². The molecule has 212 valence electrons. The minimum atomic E-state index is -3.33.